The Labute approximate surface area is 239 Å². The molecular weight excluding hydrogens is 498 g/mol. The largest absolute Gasteiger partial charge is 0.352 e. The number of carbonyl (C=O) groups is 2. The summed E-state index contributed by atoms with van der Waals surface area (Å²) in [5, 5.41) is 3.54. The Balaban J connectivity index is 1.57. The van der Waals surface area contributed by atoms with Crippen molar-refractivity contribution in [2.24, 2.45) is 0 Å². The summed E-state index contributed by atoms with van der Waals surface area (Å²) in [6, 6.07) is 13.7. The molecule has 0 bridgehead atoms. The number of unbranched alkanes of at least 4 members (excludes halogenated alkanes) is 2. The molecule has 3 aromatic rings. The quantitative estimate of drug-likeness (QED) is 0.213. The number of imidazole rings is 1. The van der Waals surface area contributed by atoms with Crippen LogP contribution in [0.25, 0.3) is 11.0 Å². The van der Waals surface area contributed by atoms with Crippen LogP contribution in [0.4, 0.5) is 5.95 Å². The number of nitrogens with one attached hydrogen (secondary N) is 1. The molecule has 0 atom stereocenters. The van der Waals surface area contributed by atoms with E-state index in [9.17, 15) is 9.59 Å². The molecule has 1 aromatic heterocycles. The number of aryl methyl sites for hydroxylation is 1. The zero-order chi connectivity index (χ0) is 28.3. The normalized spacial score (nSPS) is 14.0. The number of ketones is 1. The molecule has 7 heteroatoms. The summed E-state index contributed by atoms with van der Waals surface area (Å²) < 4.78 is 2.25. The Morgan fingerprint density at radius 3 is 2.20 bits per heavy atom. The maximum atomic E-state index is 13.6. The van der Waals surface area contributed by atoms with Gasteiger partial charge in [-0.25, -0.2) is 4.98 Å². The number of aromatic nitrogens is 2. The minimum Gasteiger partial charge on any atom is -0.352 e. The molecule has 0 saturated carbocycles. The van der Waals surface area contributed by atoms with Crippen molar-refractivity contribution >= 4 is 28.7 Å². The smallest absolute Gasteiger partial charge is 0.253 e. The molecule has 0 aliphatic carbocycles. The second-order valence-electron chi connectivity index (χ2n) is 11.2. The number of fused-ring (bicyclic) bond motifs is 1. The summed E-state index contributed by atoms with van der Waals surface area (Å²) in [7, 11) is 0. The van der Waals surface area contributed by atoms with Gasteiger partial charge in [0.1, 0.15) is 0 Å². The minimum atomic E-state index is 0.0725. The zero-order valence-electron chi connectivity index (χ0n) is 24.8. The highest BCUT2D eigenvalue weighted by atomic mass is 16.2. The lowest BCUT2D eigenvalue weighted by Crippen LogP contribution is -2.33. The standard InChI is InChI=1S/C33H47N5O2/c1-4-6-21-37(22-7-5-2)32(40)29-16-17-30-31(24-29)38(23-11-20-36-18-9-8-10-19-36)33(35-30)34-25-27-12-14-28(15-13-27)26(3)39/h12-17,24H,4-11,18-23,25H2,1-3H3,(H,34,35). The molecule has 2 aromatic carbocycles. The van der Waals surface area contributed by atoms with Crippen LogP contribution in [0.2, 0.25) is 0 Å². The fourth-order valence-corrected chi connectivity index (χ4v) is 5.49. The Morgan fingerprint density at radius 1 is 0.875 bits per heavy atom. The topological polar surface area (TPSA) is 70.5 Å². The van der Waals surface area contributed by atoms with Gasteiger partial charge in [-0.15, -0.1) is 0 Å². The second kappa shape index (κ2) is 15.0. The molecule has 1 fully saturated rings. The summed E-state index contributed by atoms with van der Waals surface area (Å²) in [6.07, 6.45) is 9.15. The molecule has 1 aliphatic rings. The second-order valence-corrected chi connectivity index (χ2v) is 11.2. The molecule has 0 unspecified atom stereocenters. The van der Waals surface area contributed by atoms with Crippen molar-refractivity contribution in [3.63, 3.8) is 0 Å². The molecule has 1 N–H and O–H groups in total. The number of carbonyl (C=O) groups excluding carboxylic acids is 2. The van der Waals surface area contributed by atoms with Gasteiger partial charge in [0.2, 0.25) is 5.95 Å². The predicted molar refractivity (Wildman–Crippen MR) is 164 cm³/mol. The summed E-state index contributed by atoms with van der Waals surface area (Å²) in [6.45, 7) is 12.4. The Kier molecular flexibility index (Phi) is 11.2. The number of piperidine rings is 1. The summed E-state index contributed by atoms with van der Waals surface area (Å²) in [5.41, 5.74) is 4.46. The van der Waals surface area contributed by atoms with Crippen LogP contribution in [-0.2, 0) is 13.1 Å². The maximum Gasteiger partial charge on any atom is 0.253 e. The van der Waals surface area contributed by atoms with E-state index in [-0.39, 0.29) is 11.7 Å². The minimum absolute atomic E-state index is 0.0725. The van der Waals surface area contributed by atoms with Crippen molar-refractivity contribution in [2.45, 2.75) is 85.2 Å². The zero-order valence-corrected chi connectivity index (χ0v) is 24.8. The third-order valence-corrected chi connectivity index (χ3v) is 7.96. The van der Waals surface area contributed by atoms with Gasteiger partial charge in [-0.2, -0.15) is 0 Å². The Morgan fingerprint density at radius 2 is 1.55 bits per heavy atom. The van der Waals surface area contributed by atoms with Crippen LogP contribution in [0.3, 0.4) is 0 Å². The average Bonchev–Trinajstić information content (AvgIpc) is 3.33. The number of anilines is 1. The van der Waals surface area contributed by atoms with E-state index < -0.39 is 0 Å². The van der Waals surface area contributed by atoms with E-state index in [0.717, 1.165) is 92.0 Å². The van der Waals surface area contributed by atoms with Crippen molar-refractivity contribution in [2.75, 3.05) is 38.0 Å². The summed E-state index contributed by atoms with van der Waals surface area (Å²) in [4.78, 5) is 34.8. The SMILES string of the molecule is CCCCN(CCCC)C(=O)c1ccc2nc(NCc3ccc(C(C)=O)cc3)n(CCCN3CCCCC3)c2c1. The van der Waals surface area contributed by atoms with E-state index in [1.54, 1.807) is 6.92 Å². The van der Waals surface area contributed by atoms with Gasteiger partial charge in [-0.1, -0.05) is 57.4 Å². The van der Waals surface area contributed by atoms with Crippen molar-refractivity contribution < 1.29 is 9.59 Å². The molecule has 0 radical (unpaired) electrons. The molecule has 4 rings (SSSR count). The summed E-state index contributed by atoms with van der Waals surface area (Å²) >= 11 is 0. The summed E-state index contributed by atoms with van der Waals surface area (Å²) in [5.74, 6) is 1.01. The van der Waals surface area contributed by atoms with Crippen molar-refractivity contribution in [1.29, 1.82) is 0 Å². The van der Waals surface area contributed by atoms with Crippen molar-refractivity contribution in [3.8, 4) is 0 Å². The van der Waals surface area contributed by atoms with Crippen LogP contribution >= 0.6 is 0 Å². The number of amides is 1. The Bertz CT molecular complexity index is 1240. The first-order valence-electron chi connectivity index (χ1n) is 15.4. The lowest BCUT2D eigenvalue weighted by molar-refractivity contribution is 0.0751. The van der Waals surface area contributed by atoms with E-state index in [2.05, 4.69) is 28.6 Å². The highest BCUT2D eigenvalue weighted by Crippen LogP contribution is 2.24. The molecule has 1 aliphatic heterocycles. The van der Waals surface area contributed by atoms with Gasteiger partial charge >= 0.3 is 0 Å². The monoisotopic (exact) mass is 545 g/mol. The highest BCUT2D eigenvalue weighted by molar-refractivity contribution is 5.98. The fourth-order valence-electron chi connectivity index (χ4n) is 5.49. The van der Waals surface area contributed by atoms with Crippen LogP contribution in [-0.4, -0.2) is 63.8 Å². The van der Waals surface area contributed by atoms with Crippen LogP contribution in [0, 0.1) is 0 Å². The number of nitrogens with zero attached hydrogens (tertiary/aromatic N) is 4. The van der Waals surface area contributed by atoms with Gasteiger partial charge in [0.05, 0.1) is 11.0 Å². The molecule has 7 nitrogen and oxygen atoms in total. The molecular formula is C33H47N5O2. The van der Waals surface area contributed by atoms with Crippen molar-refractivity contribution in [1.82, 2.24) is 19.4 Å². The third kappa shape index (κ3) is 7.94. The third-order valence-electron chi connectivity index (χ3n) is 7.96. The van der Waals surface area contributed by atoms with E-state index in [4.69, 9.17) is 4.98 Å². The fraction of sp³-hybridized carbons (Fsp3) is 0.545. The van der Waals surface area contributed by atoms with E-state index in [0.29, 0.717) is 6.54 Å². The highest BCUT2D eigenvalue weighted by Gasteiger charge is 2.19. The van der Waals surface area contributed by atoms with Crippen LogP contribution in [0.1, 0.15) is 98.4 Å². The van der Waals surface area contributed by atoms with E-state index in [1.165, 1.54) is 32.4 Å². The van der Waals surface area contributed by atoms with Crippen LogP contribution in [0.5, 0.6) is 0 Å². The average molecular weight is 546 g/mol. The molecule has 2 heterocycles. The van der Waals surface area contributed by atoms with Gasteiger partial charge in [-0.05, 0) is 82.4 Å². The number of likely N-dealkylation sites (tertiary alicyclic amines) is 1. The first-order valence-corrected chi connectivity index (χ1v) is 15.4. The number of rotatable bonds is 15. The first kappa shape index (κ1) is 29.8. The van der Waals surface area contributed by atoms with Gasteiger partial charge < -0.3 is 19.7 Å². The maximum absolute atomic E-state index is 13.6. The lowest BCUT2D eigenvalue weighted by Gasteiger charge is -2.26. The van der Waals surface area contributed by atoms with Crippen LogP contribution < -0.4 is 5.32 Å². The van der Waals surface area contributed by atoms with Crippen LogP contribution in [0.15, 0.2) is 42.5 Å². The van der Waals surface area contributed by atoms with Crippen molar-refractivity contribution in [3.05, 3.63) is 59.2 Å². The lowest BCUT2D eigenvalue weighted by atomic mass is 10.1. The molecule has 40 heavy (non-hydrogen) atoms. The Hall–Kier alpha value is -3.19. The molecule has 216 valence electrons. The van der Waals surface area contributed by atoms with Gasteiger partial charge in [0.25, 0.3) is 5.91 Å². The number of Topliss-reactive ketones (excluding diaryl/α,β-unsaturated/α-hetero) is 1. The van der Waals surface area contributed by atoms with Gasteiger partial charge in [0.15, 0.2) is 5.78 Å². The molecule has 1 amide bonds. The van der Waals surface area contributed by atoms with E-state index >= 15 is 0 Å². The number of hydrogen-bond acceptors (Lipinski definition) is 5. The predicted octanol–water partition coefficient (Wildman–Crippen LogP) is 6.77. The molecule has 0 spiro atoms. The van der Waals surface area contributed by atoms with Gasteiger partial charge in [0, 0.05) is 37.3 Å². The molecule has 1 saturated heterocycles. The first-order chi connectivity index (χ1) is 19.5. The van der Waals surface area contributed by atoms with Gasteiger partial charge in [-0.3, -0.25) is 9.59 Å². The van der Waals surface area contributed by atoms with E-state index in [1.807, 2.05) is 47.4 Å². The number of hydrogen-bond donors (Lipinski definition) is 1. The number of benzene rings is 2.